The maximum absolute atomic E-state index is 11.5. The third-order valence-corrected chi connectivity index (χ3v) is 4.80. The Bertz CT molecular complexity index is 860. The quantitative estimate of drug-likeness (QED) is 0.475. The van der Waals surface area contributed by atoms with Gasteiger partial charge in [-0.25, -0.2) is 5.48 Å². The van der Waals surface area contributed by atoms with E-state index in [0.717, 1.165) is 40.1 Å². The fourth-order valence-corrected chi connectivity index (χ4v) is 3.50. The molecule has 3 aromatic rings. The van der Waals surface area contributed by atoms with Crippen molar-refractivity contribution in [2.75, 3.05) is 7.11 Å². The number of benzene rings is 2. The fourth-order valence-electron chi connectivity index (χ4n) is 2.49. The first kappa shape index (κ1) is 16.4. The minimum atomic E-state index is -0.478. The third-order valence-electron chi connectivity index (χ3n) is 3.70. The van der Waals surface area contributed by atoms with Crippen LogP contribution in [0.25, 0.3) is 10.1 Å². The van der Waals surface area contributed by atoms with E-state index in [0.29, 0.717) is 4.88 Å². The van der Waals surface area contributed by atoms with Gasteiger partial charge in [0.05, 0.1) is 12.0 Å². The number of hydroxylamine groups is 1. The molecule has 0 atom stereocenters. The highest BCUT2D eigenvalue weighted by molar-refractivity contribution is 7.20. The van der Waals surface area contributed by atoms with Gasteiger partial charge in [0, 0.05) is 17.8 Å². The molecular formula is C18H18N2O3S. The van der Waals surface area contributed by atoms with Gasteiger partial charge in [-0.3, -0.25) is 10.0 Å². The van der Waals surface area contributed by atoms with Gasteiger partial charge in [-0.2, -0.15) is 0 Å². The predicted molar refractivity (Wildman–Crippen MR) is 94.6 cm³/mol. The summed E-state index contributed by atoms with van der Waals surface area (Å²) in [5.74, 6) is 0.373. The van der Waals surface area contributed by atoms with Gasteiger partial charge in [0.25, 0.3) is 5.91 Å². The molecule has 0 spiro atoms. The van der Waals surface area contributed by atoms with Crippen LogP contribution in [-0.2, 0) is 13.1 Å². The molecule has 0 saturated heterocycles. The highest BCUT2D eigenvalue weighted by atomic mass is 32.1. The zero-order valence-electron chi connectivity index (χ0n) is 13.2. The lowest BCUT2D eigenvalue weighted by atomic mass is 10.1. The first-order chi connectivity index (χ1) is 11.7. The van der Waals surface area contributed by atoms with E-state index < -0.39 is 5.91 Å². The Morgan fingerprint density at radius 2 is 1.92 bits per heavy atom. The average molecular weight is 342 g/mol. The molecule has 0 unspecified atom stereocenters. The van der Waals surface area contributed by atoms with Crippen LogP contribution in [0.4, 0.5) is 0 Å². The van der Waals surface area contributed by atoms with Gasteiger partial charge in [0.1, 0.15) is 5.75 Å². The number of thiophene rings is 1. The van der Waals surface area contributed by atoms with Crippen LogP contribution in [0.1, 0.15) is 20.8 Å². The van der Waals surface area contributed by atoms with Crippen LogP contribution in [0.5, 0.6) is 5.75 Å². The number of hydrogen-bond acceptors (Lipinski definition) is 5. The molecule has 0 fully saturated rings. The van der Waals surface area contributed by atoms with Gasteiger partial charge < -0.3 is 10.1 Å². The molecule has 1 amide bonds. The number of fused-ring (bicyclic) bond motifs is 1. The second kappa shape index (κ2) is 7.44. The van der Waals surface area contributed by atoms with Crippen molar-refractivity contribution >= 4 is 27.3 Å². The summed E-state index contributed by atoms with van der Waals surface area (Å²) in [4.78, 5) is 12.0. The second-order valence-electron chi connectivity index (χ2n) is 5.38. The van der Waals surface area contributed by atoms with Crippen LogP contribution >= 0.6 is 11.3 Å². The Kier molecular flexibility index (Phi) is 5.10. The van der Waals surface area contributed by atoms with E-state index in [9.17, 15) is 4.79 Å². The van der Waals surface area contributed by atoms with Crippen molar-refractivity contribution in [1.82, 2.24) is 10.8 Å². The number of carbonyl (C=O) groups excluding carboxylic acids is 1. The molecule has 0 aliphatic carbocycles. The minimum absolute atomic E-state index is 0.478. The van der Waals surface area contributed by atoms with E-state index in [1.165, 1.54) is 11.3 Å². The van der Waals surface area contributed by atoms with E-state index in [4.69, 9.17) is 9.94 Å². The molecule has 0 aliphatic rings. The number of ether oxygens (including phenoxy) is 1. The molecule has 3 rings (SSSR count). The SMILES string of the molecule is COc1cccc(CNCc2ccc3cc(C(=O)NO)sc3c2)c1. The number of methoxy groups -OCH3 is 1. The second-order valence-corrected chi connectivity index (χ2v) is 6.46. The van der Waals surface area contributed by atoms with Gasteiger partial charge in [-0.05, 0) is 40.8 Å². The third kappa shape index (κ3) is 3.73. The highest BCUT2D eigenvalue weighted by Gasteiger charge is 2.09. The highest BCUT2D eigenvalue weighted by Crippen LogP contribution is 2.26. The molecule has 3 N–H and O–H groups in total. The van der Waals surface area contributed by atoms with Crippen molar-refractivity contribution in [3.05, 3.63) is 64.5 Å². The minimum Gasteiger partial charge on any atom is -0.497 e. The summed E-state index contributed by atoms with van der Waals surface area (Å²) in [6.07, 6.45) is 0. The molecule has 0 bridgehead atoms. The topological polar surface area (TPSA) is 70.6 Å². The summed E-state index contributed by atoms with van der Waals surface area (Å²) < 4.78 is 6.24. The molecule has 2 aromatic carbocycles. The van der Waals surface area contributed by atoms with Crippen molar-refractivity contribution in [2.24, 2.45) is 0 Å². The van der Waals surface area contributed by atoms with Gasteiger partial charge in [0.2, 0.25) is 0 Å². The Hall–Kier alpha value is -2.41. The van der Waals surface area contributed by atoms with Crippen molar-refractivity contribution in [3.8, 4) is 5.75 Å². The summed E-state index contributed by atoms with van der Waals surface area (Å²) in [5, 5.41) is 13.1. The molecule has 0 radical (unpaired) electrons. The number of amides is 1. The maximum Gasteiger partial charge on any atom is 0.284 e. The van der Waals surface area contributed by atoms with E-state index in [-0.39, 0.29) is 0 Å². The summed E-state index contributed by atoms with van der Waals surface area (Å²) in [5.41, 5.74) is 3.97. The standard InChI is InChI=1S/C18H18N2O3S/c1-23-15-4-2-3-12(7-15)10-19-11-13-5-6-14-9-17(18(21)20-22)24-16(14)8-13/h2-9,19,22H,10-11H2,1H3,(H,20,21). The van der Waals surface area contributed by atoms with E-state index in [1.54, 1.807) is 18.7 Å². The molecular weight excluding hydrogens is 324 g/mol. The molecule has 6 heteroatoms. The Balaban J connectivity index is 1.65. The average Bonchev–Trinajstić information content (AvgIpc) is 3.04. The van der Waals surface area contributed by atoms with Crippen LogP contribution < -0.4 is 15.5 Å². The molecule has 124 valence electrons. The molecule has 1 heterocycles. The van der Waals surface area contributed by atoms with Crippen LogP contribution in [0.2, 0.25) is 0 Å². The van der Waals surface area contributed by atoms with Crippen molar-refractivity contribution in [2.45, 2.75) is 13.1 Å². The summed E-state index contributed by atoms with van der Waals surface area (Å²) >= 11 is 1.36. The van der Waals surface area contributed by atoms with Crippen molar-refractivity contribution in [1.29, 1.82) is 0 Å². The van der Waals surface area contributed by atoms with Gasteiger partial charge in [0.15, 0.2) is 0 Å². The first-order valence-electron chi connectivity index (χ1n) is 7.50. The van der Waals surface area contributed by atoms with Crippen molar-refractivity contribution < 1.29 is 14.7 Å². The van der Waals surface area contributed by atoms with Crippen LogP contribution in [0, 0.1) is 0 Å². The molecule has 0 saturated carbocycles. The summed E-state index contributed by atoms with van der Waals surface area (Å²) in [6.45, 7) is 1.48. The molecule has 5 nitrogen and oxygen atoms in total. The number of hydrogen-bond donors (Lipinski definition) is 3. The summed E-state index contributed by atoms with van der Waals surface area (Å²) in [7, 11) is 1.66. The lowest BCUT2D eigenvalue weighted by Gasteiger charge is -2.07. The zero-order valence-corrected chi connectivity index (χ0v) is 14.0. The fraction of sp³-hybridized carbons (Fsp3) is 0.167. The van der Waals surface area contributed by atoms with Crippen LogP contribution in [-0.4, -0.2) is 18.2 Å². The van der Waals surface area contributed by atoms with Gasteiger partial charge >= 0.3 is 0 Å². The van der Waals surface area contributed by atoms with Crippen molar-refractivity contribution in [3.63, 3.8) is 0 Å². The Labute approximate surface area is 143 Å². The van der Waals surface area contributed by atoms with E-state index >= 15 is 0 Å². The smallest absolute Gasteiger partial charge is 0.284 e. The zero-order chi connectivity index (χ0) is 16.9. The lowest BCUT2D eigenvalue weighted by molar-refractivity contribution is 0.0711. The first-order valence-corrected chi connectivity index (χ1v) is 8.32. The van der Waals surface area contributed by atoms with Gasteiger partial charge in [-0.15, -0.1) is 11.3 Å². The van der Waals surface area contributed by atoms with Crippen LogP contribution in [0.3, 0.4) is 0 Å². The molecule has 0 aliphatic heterocycles. The van der Waals surface area contributed by atoms with E-state index in [2.05, 4.69) is 17.4 Å². The normalized spacial score (nSPS) is 10.8. The molecule has 1 aromatic heterocycles. The predicted octanol–water partition coefficient (Wildman–Crippen LogP) is 3.32. The Morgan fingerprint density at radius 1 is 1.12 bits per heavy atom. The number of carbonyl (C=O) groups is 1. The lowest BCUT2D eigenvalue weighted by Crippen LogP contribution is -2.16. The maximum atomic E-state index is 11.5. The Morgan fingerprint density at radius 3 is 2.67 bits per heavy atom. The largest absolute Gasteiger partial charge is 0.497 e. The van der Waals surface area contributed by atoms with Gasteiger partial charge in [-0.1, -0.05) is 24.3 Å². The number of nitrogens with one attached hydrogen (secondary N) is 2. The van der Waals surface area contributed by atoms with E-state index in [1.807, 2.05) is 30.3 Å². The van der Waals surface area contributed by atoms with Crippen LogP contribution in [0.15, 0.2) is 48.5 Å². The monoisotopic (exact) mass is 342 g/mol. The number of rotatable bonds is 6. The molecule has 24 heavy (non-hydrogen) atoms. The summed E-state index contributed by atoms with van der Waals surface area (Å²) in [6, 6.07) is 15.8.